The van der Waals surface area contributed by atoms with Gasteiger partial charge in [-0.2, -0.15) is 4.31 Å². The molecule has 1 aromatic rings. The lowest BCUT2D eigenvalue weighted by Crippen LogP contribution is -2.39. The van der Waals surface area contributed by atoms with Crippen molar-refractivity contribution >= 4 is 16.0 Å². The van der Waals surface area contributed by atoms with Crippen LogP contribution in [0.5, 0.6) is 0 Å². The summed E-state index contributed by atoms with van der Waals surface area (Å²) in [7, 11) is -1.60. The Morgan fingerprint density at radius 3 is 2.26 bits per heavy atom. The van der Waals surface area contributed by atoms with Crippen LogP contribution < -0.4 is 10.6 Å². The molecule has 0 aliphatic carbocycles. The Morgan fingerprint density at radius 1 is 1.07 bits per heavy atom. The van der Waals surface area contributed by atoms with Crippen molar-refractivity contribution in [2.24, 2.45) is 10.9 Å². The molecule has 1 aliphatic heterocycles. The fourth-order valence-electron chi connectivity index (χ4n) is 3.26. The molecule has 1 aliphatic rings. The van der Waals surface area contributed by atoms with Crippen molar-refractivity contribution < 1.29 is 8.42 Å². The summed E-state index contributed by atoms with van der Waals surface area (Å²) in [6.07, 6.45) is 5.30. The highest BCUT2D eigenvalue weighted by atomic mass is 32.2. The summed E-state index contributed by atoms with van der Waals surface area (Å²) in [5.74, 6) is 1.41. The van der Waals surface area contributed by atoms with Gasteiger partial charge in [-0.25, -0.2) is 8.42 Å². The number of piperidine rings is 1. The highest BCUT2D eigenvalue weighted by Crippen LogP contribution is 2.20. The molecular weight excluding hydrogens is 360 g/mol. The Balaban J connectivity index is 1.91. The van der Waals surface area contributed by atoms with E-state index in [-0.39, 0.29) is 0 Å². The molecule has 0 atom stereocenters. The topological polar surface area (TPSA) is 73.8 Å². The molecule has 2 N–H and O–H groups in total. The van der Waals surface area contributed by atoms with Crippen molar-refractivity contribution in [2.75, 3.05) is 26.7 Å². The van der Waals surface area contributed by atoms with Crippen LogP contribution in [0, 0.1) is 5.92 Å². The van der Waals surface area contributed by atoms with Gasteiger partial charge in [-0.1, -0.05) is 45.2 Å². The molecule has 0 spiro atoms. The smallest absolute Gasteiger partial charge is 0.243 e. The van der Waals surface area contributed by atoms with Crippen molar-refractivity contribution in [2.45, 2.75) is 57.4 Å². The molecule has 1 fully saturated rings. The molecule has 7 heteroatoms. The predicted molar refractivity (Wildman–Crippen MR) is 111 cm³/mol. The van der Waals surface area contributed by atoms with Crippen LogP contribution in [0.2, 0.25) is 0 Å². The quantitative estimate of drug-likeness (QED) is 0.525. The number of benzene rings is 1. The molecule has 1 heterocycles. The van der Waals surface area contributed by atoms with Crippen LogP contribution in [0.1, 0.15) is 51.5 Å². The third kappa shape index (κ3) is 6.21. The molecule has 6 nitrogen and oxygen atoms in total. The molecule has 1 saturated heterocycles. The van der Waals surface area contributed by atoms with Crippen molar-refractivity contribution in [3.63, 3.8) is 0 Å². The Kier molecular flexibility index (Phi) is 8.57. The normalized spacial score (nSPS) is 16.5. The molecule has 0 unspecified atom stereocenters. The first-order chi connectivity index (χ1) is 13.0. The van der Waals surface area contributed by atoms with E-state index in [4.69, 9.17) is 0 Å². The van der Waals surface area contributed by atoms with Gasteiger partial charge in [0.2, 0.25) is 10.0 Å². The van der Waals surface area contributed by atoms with E-state index in [2.05, 4.69) is 29.5 Å². The second-order valence-electron chi connectivity index (χ2n) is 7.10. The van der Waals surface area contributed by atoms with Crippen molar-refractivity contribution in [1.82, 2.24) is 14.9 Å². The predicted octanol–water partition coefficient (Wildman–Crippen LogP) is 2.96. The van der Waals surface area contributed by atoms with Gasteiger partial charge in [0, 0.05) is 33.2 Å². The first-order valence-electron chi connectivity index (χ1n) is 10.0. The highest BCUT2D eigenvalue weighted by molar-refractivity contribution is 7.89. The fourth-order valence-corrected chi connectivity index (χ4v) is 4.78. The highest BCUT2D eigenvalue weighted by Gasteiger charge is 2.25. The van der Waals surface area contributed by atoms with Crippen molar-refractivity contribution in [1.29, 1.82) is 0 Å². The third-order valence-corrected chi connectivity index (χ3v) is 7.19. The summed E-state index contributed by atoms with van der Waals surface area (Å²) < 4.78 is 27.0. The molecule has 0 radical (unpaired) electrons. The average Bonchev–Trinajstić information content (AvgIpc) is 2.72. The van der Waals surface area contributed by atoms with E-state index in [0.717, 1.165) is 50.2 Å². The monoisotopic (exact) mass is 394 g/mol. The van der Waals surface area contributed by atoms with Crippen LogP contribution >= 0.6 is 0 Å². The van der Waals surface area contributed by atoms with Crippen LogP contribution in [0.15, 0.2) is 34.2 Å². The Hall–Kier alpha value is -1.60. The SMILES string of the molecule is CCC(CC)CNC(=NC)NCc1ccc(S(=O)(=O)N2CCCCC2)cc1. The van der Waals surface area contributed by atoms with E-state index >= 15 is 0 Å². The van der Waals surface area contributed by atoms with Gasteiger partial charge in [0.25, 0.3) is 0 Å². The molecule has 1 aromatic carbocycles. The van der Waals surface area contributed by atoms with Crippen molar-refractivity contribution in [3.8, 4) is 0 Å². The number of hydrogen-bond donors (Lipinski definition) is 2. The maximum Gasteiger partial charge on any atom is 0.243 e. The van der Waals surface area contributed by atoms with Crippen LogP contribution in [-0.2, 0) is 16.6 Å². The van der Waals surface area contributed by atoms with Gasteiger partial charge in [0.15, 0.2) is 5.96 Å². The van der Waals surface area contributed by atoms with E-state index in [1.54, 1.807) is 23.5 Å². The maximum absolute atomic E-state index is 12.7. The standard InChI is InChI=1S/C20H34N4O2S/c1-4-17(5-2)15-22-20(21-3)23-16-18-9-11-19(12-10-18)27(25,26)24-13-7-6-8-14-24/h9-12,17H,4-8,13-16H2,1-3H3,(H2,21,22,23). The van der Waals surface area contributed by atoms with Gasteiger partial charge < -0.3 is 10.6 Å². The maximum atomic E-state index is 12.7. The third-order valence-electron chi connectivity index (χ3n) is 5.27. The first-order valence-corrected chi connectivity index (χ1v) is 11.5. The van der Waals surface area contributed by atoms with Gasteiger partial charge >= 0.3 is 0 Å². The lowest BCUT2D eigenvalue weighted by molar-refractivity contribution is 0.346. The van der Waals surface area contributed by atoms with E-state index in [1.807, 2.05) is 12.1 Å². The Labute approximate surface area is 164 Å². The van der Waals surface area contributed by atoms with Crippen LogP contribution in [0.3, 0.4) is 0 Å². The summed E-state index contributed by atoms with van der Waals surface area (Å²) in [5.41, 5.74) is 1.03. The van der Waals surface area contributed by atoms with E-state index in [9.17, 15) is 8.42 Å². The average molecular weight is 395 g/mol. The fraction of sp³-hybridized carbons (Fsp3) is 0.650. The minimum atomic E-state index is -3.36. The summed E-state index contributed by atoms with van der Waals surface area (Å²) in [4.78, 5) is 4.63. The minimum absolute atomic E-state index is 0.379. The van der Waals surface area contributed by atoms with Gasteiger partial charge in [0.05, 0.1) is 4.90 Å². The van der Waals surface area contributed by atoms with E-state index in [0.29, 0.717) is 30.4 Å². The Bertz CT molecular complexity index is 691. The number of nitrogens with one attached hydrogen (secondary N) is 2. The zero-order chi connectivity index (χ0) is 19.7. The molecule has 2 rings (SSSR count). The van der Waals surface area contributed by atoms with Crippen LogP contribution in [0.25, 0.3) is 0 Å². The van der Waals surface area contributed by atoms with Gasteiger partial charge in [0.1, 0.15) is 0 Å². The largest absolute Gasteiger partial charge is 0.356 e. The Morgan fingerprint density at radius 2 is 1.70 bits per heavy atom. The molecule has 27 heavy (non-hydrogen) atoms. The molecule has 0 amide bonds. The van der Waals surface area contributed by atoms with E-state index in [1.165, 1.54) is 0 Å². The second kappa shape index (κ2) is 10.7. The summed E-state index contributed by atoms with van der Waals surface area (Å²) in [6.45, 7) is 7.16. The number of rotatable bonds is 8. The number of nitrogens with zero attached hydrogens (tertiary/aromatic N) is 2. The van der Waals surface area contributed by atoms with Crippen LogP contribution in [0.4, 0.5) is 0 Å². The zero-order valence-corrected chi connectivity index (χ0v) is 17.7. The summed E-state index contributed by atoms with van der Waals surface area (Å²) in [6, 6.07) is 7.17. The number of hydrogen-bond acceptors (Lipinski definition) is 3. The number of aliphatic imine (C=N–C) groups is 1. The summed E-state index contributed by atoms with van der Waals surface area (Å²) >= 11 is 0. The van der Waals surface area contributed by atoms with Crippen LogP contribution in [-0.4, -0.2) is 45.4 Å². The van der Waals surface area contributed by atoms with Crippen molar-refractivity contribution in [3.05, 3.63) is 29.8 Å². The lowest BCUT2D eigenvalue weighted by Gasteiger charge is -2.25. The van der Waals surface area contributed by atoms with Gasteiger partial charge in [-0.05, 0) is 36.5 Å². The van der Waals surface area contributed by atoms with E-state index < -0.39 is 10.0 Å². The number of sulfonamides is 1. The molecule has 0 bridgehead atoms. The van der Waals surface area contributed by atoms with Gasteiger partial charge in [-0.3, -0.25) is 4.99 Å². The number of guanidine groups is 1. The summed E-state index contributed by atoms with van der Waals surface area (Å²) in [5, 5.41) is 6.65. The molecule has 152 valence electrons. The molecular formula is C20H34N4O2S. The first kappa shape index (κ1) is 21.7. The second-order valence-corrected chi connectivity index (χ2v) is 9.04. The molecule has 0 aromatic heterocycles. The lowest BCUT2D eigenvalue weighted by atomic mass is 10.0. The molecule has 0 saturated carbocycles. The minimum Gasteiger partial charge on any atom is -0.356 e. The zero-order valence-electron chi connectivity index (χ0n) is 16.9. The van der Waals surface area contributed by atoms with Gasteiger partial charge in [-0.15, -0.1) is 0 Å².